The van der Waals surface area contributed by atoms with Crippen LogP contribution >= 0.6 is 11.6 Å². The Bertz CT molecular complexity index is 1150. The number of carboxylic acid groups (broad SMARTS) is 1. The minimum atomic E-state index is -1.28. The Hall–Kier alpha value is -3.64. The molecule has 0 aliphatic heterocycles. The first kappa shape index (κ1) is 19.1. The van der Waals surface area contributed by atoms with Crippen molar-refractivity contribution in [1.29, 1.82) is 5.26 Å². The summed E-state index contributed by atoms with van der Waals surface area (Å²) in [7, 11) is 0. The number of rotatable bonds is 5. The number of hydrogen-bond acceptors (Lipinski definition) is 5. The molecule has 2 heterocycles. The van der Waals surface area contributed by atoms with Crippen molar-refractivity contribution >= 4 is 34.4 Å². The molecule has 0 spiro atoms. The SMILES string of the molecule is N#Cc1nc(C(=O)NCC(=O)O)c(O)c2c(Cl)cn(Cc3cccc(F)c3)c12. The van der Waals surface area contributed by atoms with E-state index in [0.717, 1.165) is 0 Å². The van der Waals surface area contributed by atoms with E-state index in [1.807, 2.05) is 6.07 Å². The average molecular weight is 403 g/mol. The summed E-state index contributed by atoms with van der Waals surface area (Å²) in [4.78, 5) is 26.6. The van der Waals surface area contributed by atoms with Crippen molar-refractivity contribution in [3.05, 3.63) is 58.3 Å². The first-order chi connectivity index (χ1) is 13.3. The van der Waals surface area contributed by atoms with Gasteiger partial charge in [-0.3, -0.25) is 9.59 Å². The van der Waals surface area contributed by atoms with Gasteiger partial charge in [0.05, 0.1) is 15.9 Å². The second-order valence-corrected chi connectivity index (χ2v) is 6.21. The van der Waals surface area contributed by atoms with E-state index in [4.69, 9.17) is 16.7 Å². The first-order valence-electron chi connectivity index (χ1n) is 7.87. The molecule has 0 fully saturated rings. The molecule has 3 N–H and O–H groups in total. The van der Waals surface area contributed by atoms with Crippen molar-refractivity contribution in [2.24, 2.45) is 0 Å². The van der Waals surface area contributed by atoms with E-state index in [9.17, 15) is 24.3 Å². The van der Waals surface area contributed by atoms with Crippen LogP contribution in [0.25, 0.3) is 10.9 Å². The van der Waals surface area contributed by atoms with Crippen LogP contribution in [0, 0.1) is 17.1 Å². The van der Waals surface area contributed by atoms with Crippen LogP contribution in [0.3, 0.4) is 0 Å². The zero-order chi connectivity index (χ0) is 20.4. The van der Waals surface area contributed by atoms with Crippen molar-refractivity contribution in [3.63, 3.8) is 0 Å². The molecule has 0 saturated heterocycles. The van der Waals surface area contributed by atoms with E-state index in [-0.39, 0.29) is 28.2 Å². The maximum absolute atomic E-state index is 13.4. The fourth-order valence-corrected chi connectivity index (χ4v) is 3.07. The number of carbonyl (C=O) groups is 2. The van der Waals surface area contributed by atoms with E-state index in [0.29, 0.717) is 5.56 Å². The summed E-state index contributed by atoms with van der Waals surface area (Å²) >= 11 is 6.20. The molecule has 8 nitrogen and oxygen atoms in total. The van der Waals surface area contributed by atoms with Gasteiger partial charge in [-0.15, -0.1) is 0 Å². The average Bonchev–Trinajstić information content (AvgIpc) is 2.97. The van der Waals surface area contributed by atoms with Crippen LogP contribution in [-0.4, -0.2) is 38.2 Å². The third-order valence-corrected chi connectivity index (χ3v) is 4.19. The standard InChI is InChI=1S/C18H12ClFN4O4/c19-11-8-24(7-9-2-1-3-10(20)4-9)16-12(5-21)23-15(17(27)14(11)16)18(28)22-6-13(25)26/h1-4,8,27H,6-7H2,(H,22,28)(H,25,26). The molecule has 2 aromatic heterocycles. The zero-order valence-electron chi connectivity index (χ0n) is 14.1. The molecule has 0 unspecified atom stereocenters. The van der Waals surface area contributed by atoms with Crippen molar-refractivity contribution in [2.45, 2.75) is 6.54 Å². The number of fused-ring (bicyclic) bond motifs is 1. The molecule has 142 valence electrons. The van der Waals surface area contributed by atoms with Gasteiger partial charge < -0.3 is 20.1 Å². The largest absolute Gasteiger partial charge is 0.505 e. The predicted octanol–water partition coefficient (Wildman–Crippen LogP) is 2.27. The van der Waals surface area contributed by atoms with Gasteiger partial charge in [0.1, 0.15) is 18.4 Å². The van der Waals surface area contributed by atoms with Gasteiger partial charge in [-0.25, -0.2) is 9.37 Å². The Labute approximate surface area is 162 Å². The maximum Gasteiger partial charge on any atom is 0.322 e. The van der Waals surface area contributed by atoms with Crippen LogP contribution in [0.15, 0.2) is 30.5 Å². The van der Waals surface area contributed by atoms with E-state index < -0.39 is 35.7 Å². The highest BCUT2D eigenvalue weighted by molar-refractivity contribution is 6.36. The highest BCUT2D eigenvalue weighted by Crippen LogP contribution is 2.37. The van der Waals surface area contributed by atoms with Gasteiger partial charge in [-0.1, -0.05) is 23.7 Å². The van der Waals surface area contributed by atoms with E-state index >= 15 is 0 Å². The van der Waals surface area contributed by atoms with Crippen LogP contribution < -0.4 is 5.32 Å². The Morgan fingerprint density at radius 3 is 2.79 bits per heavy atom. The first-order valence-corrected chi connectivity index (χ1v) is 8.25. The van der Waals surface area contributed by atoms with E-state index in [1.54, 1.807) is 6.07 Å². The molecule has 3 rings (SSSR count). The predicted molar refractivity (Wildman–Crippen MR) is 96.6 cm³/mol. The Kier molecular flexibility index (Phi) is 5.15. The van der Waals surface area contributed by atoms with Crippen LogP contribution in [0.4, 0.5) is 4.39 Å². The molecule has 1 aromatic carbocycles. The number of aromatic hydroxyl groups is 1. The lowest BCUT2D eigenvalue weighted by Gasteiger charge is -2.10. The Balaban J connectivity index is 2.13. The number of halogens is 2. The number of aliphatic carboxylic acids is 1. The molecule has 1 amide bonds. The van der Waals surface area contributed by atoms with Gasteiger partial charge in [-0.05, 0) is 17.7 Å². The van der Waals surface area contributed by atoms with Crippen molar-refractivity contribution in [1.82, 2.24) is 14.9 Å². The third-order valence-electron chi connectivity index (χ3n) is 3.90. The smallest absolute Gasteiger partial charge is 0.322 e. The molecule has 0 atom stereocenters. The monoisotopic (exact) mass is 402 g/mol. The Morgan fingerprint density at radius 1 is 1.39 bits per heavy atom. The minimum Gasteiger partial charge on any atom is -0.505 e. The zero-order valence-corrected chi connectivity index (χ0v) is 14.9. The van der Waals surface area contributed by atoms with E-state index in [2.05, 4.69) is 10.3 Å². The molecule has 0 radical (unpaired) electrons. The third kappa shape index (κ3) is 3.58. The van der Waals surface area contributed by atoms with E-state index in [1.165, 1.54) is 29.0 Å². The molecular weight excluding hydrogens is 391 g/mol. The molecule has 10 heteroatoms. The van der Waals surface area contributed by atoms with Crippen LogP contribution in [0.2, 0.25) is 5.02 Å². The lowest BCUT2D eigenvalue weighted by molar-refractivity contribution is -0.135. The highest BCUT2D eigenvalue weighted by Gasteiger charge is 2.24. The fourth-order valence-electron chi connectivity index (χ4n) is 2.77. The molecule has 0 bridgehead atoms. The van der Waals surface area contributed by atoms with Gasteiger partial charge >= 0.3 is 5.97 Å². The van der Waals surface area contributed by atoms with Gasteiger partial charge in [0.2, 0.25) is 0 Å². The van der Waals surface area contributed by atoms with Crippen LogP contribution in [-0.2, 0) is 11.3 Å². The second kappa shape index (κ2) is 7.54. The summed E-state index contributed by atoms with van der Waals surface area (Å²) in [6, 6.07) is 7.65. The molecule has 0 aliphatic carbocycles. The summed E-state index contributed by atoms with van der Waals surface area (Å²) < 4.78 is 15.0. The van der Waals surface area contributed by atoms with Crippen molar-refractivity contribution in [3.8, 4) is 11.8 Å². The van der Waals surface area contributed by atoms with Crippen LogP contribution in [0.1, 0.15) is 21.7 Å². The molecule has 28 heavy (non-hydrogen) atoms. The van der Waals surface area contributed by atoms with Gasteiger partial charge in [0.25, 0.3) is 5.91 Å². The number of hydrogen-bond donors (Lipinski definition) is 3. The highest BCUT2D eigenvalue weighted by atomic mass is 35.5. The summed E-state index contributed by atoms with van der Waals surface area (Å²) in [5.74, 6) is -3.26. The number of carboxylic acids is 1. The van der Waals surface area contributed by atoms with Crippen molar-refractivity contribution < 1.29 is 24.2 Å². The summed E-state index contributed by atoms with van der Waals surface area (Å²) in [6.07, 6.45) is 1.43. The fraction of sp³-hybridized carbons (Fsp3) is 0.111. The van der Waals surface area contributed by atoms with Crippen molar-refractivity contribution in [2.75, 3.05) is 6.54 Å². The molecule has 0 aliphatic rings. The quantitative estimate of drug-likeness (QED) is 0.600. The summed E-state index contributed by atoms with van der Waals surface area (Å²) in [6.45, 7) is -0.546. The minimum absolute atomic E-state index is 0.0186. The summed E-state index contributed by atoms with van der Waals surface area (Å²) in [5.41, 5.74) is 0.0385. The number of benzene rings is 1. The topological polar surface area (TPSA) is 128 Å². The number of nitriles is 1. The number of amides is 1. The molecule has 3 aromatic rings. The Morgan fingerprint density at radius 2 is 2.14 bits per heavy atom. The normalized spacial score (nSPS) is 10.6. The summed E-state index contributed by atoms with van der Waals surface area (Å²) in [5, 5.41) is 30.7. The number of pyridine rings is 1. The lowest BCUT2D eigenvalue weighted by atomic mass is 10.1. The number of nitrogens with one attached hydrogen (secondary N) is 1. The molecule has 0 saturated carbocycles. The van der Waals surface area contributed by atoms with Gasteiger partial charge in [-0.2, -0.15) is 5.26 Å². The van der Waals surface area contributed by atoms with Crippen LogP contribution in [0.5, 0.6) is 5.75 Å². The lowest BCUT2D eigenvalue weighted by Crippen LogP contribution is -2.30. The number of carbonyl (C=O) groups excluding carboxylic acids is 1. The van der Waals surface area contributed by atoms with Gasteiger partial charge in [0.15, 0.2) is 17.1 Å². The number of aromatic nitrogens is 2. The van der Waals surface area contributed by atoms with Gasteiger partial charge in [0, 0.05) is 12.7 Å². The maximum atomic E-state index is 13.4. The molecular formula is C18H12ClFN4O4. The second-order valence-electron chi connectivity index (χ2n) is 5.80. The number of nitrogens with zero attached hydrogens (tertiary/aromatic N) is 3.